The van der Waals surface area contributed by atoms with Crippen LogP contribution in [0.1, 0.15) is 10.4 Å². The van der Waals surface area contributed by atoms with Gasteiger partial charge in [0, 0.05) is 17.8 Å². The smallest absolute Gasteiger partial charge is 0.258 e. The zero-order chi connectivity index (χ0) is 15.6. The van der Waals surface area contributed by atoms with E-state index < -0.39 is 0 Å². The van der Waals surface area contributed by atoms with E-state index in [1.807, 2.05) is 42.5 Å². The molecule has 3 heterocycles. The second-order valence-corrected chi connectivity index (χ2v) is 5.11. The molecule has 0 radical (unpaired) electrons. The van der Waals surface area contributed by atoms with Gasteiger partial charge in [0.25, 0.3) is 5.91 Å². The molecule has 0 fully saturated rings. The number of carbonyl (C=O) groups is 1. The summed E-state index contributed by atoms with van der Waals surface area (Å²) in [6, 6.07) is 16.9. The van der Waals surface area contributed by atoms with Gasteiger partial charge in [0.05, 0.1) is 22.1 Å². The SMILES string of the molecule is O=C(Nc1ccc2ccccc2n1)c1cnc2cccnc2c1. The number of aromatic nitrogens is 3. The van der Waals surface area contributed by atoms with Crippen molar-refractivity contribution in [1.82, 2.24) is 15.0 Å². The molecule has 1 N–H and O–H groups in total. The van der Waals surface area contributed by atoms with Gasteiger partial charge in [-0.05, 0) is 36.4 Å². The van der Waals surface area contributed by atoms with E-state index in [-0.39, 0.29) is 5.91 Å². The molecule has 0 saturated heterocycles. The number of benzene rings is 1. The lowest BCUT2D eigenvalue weighted by molar-refractivity contribution is 0.102. The molecule has 1 amide bonds. The summed E-state index contributed by atoms with van der Waals surface area (Å²) in [6.45, 7) is 0. The van der Waals surface area contributed by atoms with Crippen molar-refractivity contribution in [1.29, 1.82) is 0 Å². The van der Waals surface area contributed by atoms with E-state index in [0.717, 1.165) is 16.4 Å². The molecular formula is C18H12N4O. The minimum absolute atomic E-state index is 0.257. The topological polar surface area (TPSA) is 67.8 Å². The largest absolute Gasteiger partial charge is 0.306 e. The summed E-state index contributed by atoms with van der Waals surface area (Å²) in [4.78, 5) is 25.3. The van der Waals surface area contributed by atoms with Gasteiger partial charge in [-0.25, -0.2) is 4.98 Å². The first-order valence-corrected chi connectivity index (χ1v) is 7.17. The average molecular weight is 300 g/mol. The van der Waals surface area contributed by atoms with Crippen LogP contribution in [0.15, 0.2) is 67.0 Å². The number of hydrogen-bond acceptors (Lipinski definition) is 4. The third-order valence-electron chi connectivity index (χ3n) is 3.55. The van der Waals surface area contributed by atoms with Crippen LogP contribution in [-0.2, 0) is 0 Å². The highest BCUT2D eigenvalue weighted by molar-refractivity contribution is 6.05. The van der Waals surface area contributed by atoms with Gasteiger partial charge in [-0.2, -0.15) is 0 Å². The van der Waals surface area contributed by atoms with Crippen LogP contribution in [-0.4, -0.2) is 20.9 Å². The van der Waals surface area contributed by atoms with Crippen LogP contribution in [0.2, 0.25) is 0 Å². The number of amides is 1. The maximum atomic E-state index is 12.4. The second kappa shape index (κ2) is 5.46. The normalized spacial score (nSPS) is 10.8. The van der Waals surface area contributed by atoms with Crippen molar-refractivity contribution in [2.24, 2.45) is 0 Å². The van der Waals surface area contributed by atoms with Crippen molar-refractivity contribution in [3.8, 4) is 0 Å². The Hall–Kier alpha value is -3.34. The fourth-order valence-corrected chi connectivity index (χ4v) is 2.40. The Kier molecular flexibility index (Phi) is 3.16. The fraction of sp³-hybridized carbons (Fsp3) is 0. The Morgan fingerprint density at radius 2 is 1.74 bits per heavy atom. The Morgan fingerprint density at radius 3 is 2.70 bits per heavy atom. The van der Waals surface area contributed by atoms with Gasteiger partial charge >= 0.3 is 0 Å². The molecular weight excluding hydrogens is 288 g/mol. The number of rotatable bonds is 2. The van der Waals surface area contributed by atoms with Crippen molar-refractivity contribution in [3.63, 3.8) is 0 Å². The molecule has 0 aliphatic carbocycles. The number of nitrogens with zero attached hydrogens (tertiary/aromatic N) is 3. The van der Waals surface area contributed by atoms with E-state index in [9.17, 15) is 4.79 Å². The molecule has 0 aliphatic heterocycles. The summed E-state index contributed by atoms with van der Waals surface area (Å²) < 4.78 is 0. The molecule has 1 aromatic carbocycles. The number of carbonyl (C=O) groups excluding carboxylic acids is 1. The summed E-state index contributed by atoms with van der Waals surface area (Å²) in [6.07, 6.45) is 3.22. The first-order chi connectivity index (χ1) is 11.3. The molecule has 5 nitrogen and oxygen atoms in total. The van der Waals surface area contributed by atoms with Crippen LogP contribution in [0.25, 0.3) is 21.9 Å². The number of para-hydroxylation sites is 1. The van der Waals surface area contributed by atoms with Crippen molar-refractivity contribution in [2.45, 2.75) is 0 Å². The Labute approximate surface area is 132 Å². The molecule has 110 valence electrons. The van der Waals surface area contributed by atoms with E-state index in [0.29, 0.717) is 16.9 Å². The molecule has 0 spiro atoms. The second-order valence-electron chi connectivity index (χ2n) is 5.11. The number of anilines is 1. The van der Waals surface area contributed by atoms with Gasteiger partial charge < -0.3 is 5.32 Å². The average Bonchev–Trinajstić information content (AvgIpc) is 2.61. The lowest BCUT2D eigenvalue weighted by Gasteiger charge is -2.06. The highest BCUT2D eigenvalue weighted by Crippen LogP contribution is 2.16. The monoisotopic (exact) mass is 300 g/mol. The van der Waals surface area contributed by atoms with Gasteiger partial charge in [0.2, 0.25) is 0 Å². The predicted octanol–water partition coefficient (Wildman–Crippen LogP) is 3.43. The molecule has 23 heavy (non-hydrogen) atoms. The van der Waals surface area contributed by atoms with Crippen LogP contribution < -0.4 is 5.32 Å². The predicted molar refractivity (Wildman–Crippen MR) is 89.2 cm³/mol. The molecule has 0 unspecified atom stereocenters. The maximum absolute atomic E-state index is 12.4. The number of hydrogen-bond donors (Lipinski definition) is 1. The van der Waals surface area contributed by atoms with Crippen molar-refractivity contribution < 1.29 is 4.79 Å². The molecule has 0 saturated carbocycles. The standard InChI is InChI=1S/C18H12N4O/c23-18(13-10-16-15(20-11-13)6-3-9-19-16)22-17-8-7-12-4-1-2-5-14(12)21-17/h1-11H,(H,21,22,23). The van der Waals surface area contributed by atoms with Crippen LogP contribution in [0.3, 0.4) is 0 Å². The quantitative estimate of drug-likeness (QED) is 0.616. The van der Waals surface area contributed by atoms with E-state index in [2.05, 4.69) is 20.3 Å². The molecule has 0 atom stereocenters. The Bertz CT molecular complexity index is 1030. The minimum atomic E-state index is -0.257. The Morgan fingerprint density at radius 1 is 0.870 bits per heavy atom. The zero-order valence-electron chi connectivity index (χ0n) is 12.1. The third kappa shape index (κ3) is 2.60. The summed E-state index contributed by atoms with van der Waals surface area (Å²) in [5.74, 6) is 0.252. The minimum Gasteiger partial charge on any atom is -0.306 e. The number of pyridine rings is 3. The summed E-state index contributed by atoms with van der Waals surface area (Å²) >= 11 is 0. The first-order valence-electron chi connectivity index (χ1n) is 7.17. The van der Waals surface area contributed by atoms with Crippen LogP contribution >= 0.6 is 0 Å². The van der Waals surface area contributed by atoms with Crippen LogP contribution in [0.5, 0.6) is 0 Å². The van der Waals surface area contributed by atoms with E-state index >= 15 is 0 Å². The van der Waals surface area contributed by atoms with Crippen molar-refractivity contribution in [2.75, 3.05) is 5.32 Å². The third-order valence-corrected chi connectivity index (χ3v) is 3.55. The van der Waals surface area contributed by atoms with Gasteiger partial charge in [-0.1, -0.05) is 18.2 Å². The summed E-state index contributed by atoms with van der Waals surface area (Å²) in [5, 5.41) is 3.83. The maximum Gasteiger partial charge on any atom is 0.258 e. The van der Waals surface area contributed by atoms with Gasteiger partial charge in [0.15, 0.2) is 0 Å². The molecule has 4 rings (SSSR count). The molecule has 5 heteroatoms. The Balaban J connectivity index is 1.64. The van der Waals surface area contributed by atoms with Gasteiger partial charge in [0.1, 0.15) is 5.82 Å². The van der Waals surface area contributed by atoms with E-state index in [1.165, 1.54) is 0 Å². The molecule has 0 bridgehead atoms. The van der Waals surface area contributed by atoms with Crippen molar-refractivity contribution in [3.05, 3.63) is 72.6 Å². The highest BCUT2D eigenvalue weighted by atomic mass is 16.1. The van der Waals surface area contributed by atoms with E-state index in [4.69, 9.17) is 0 Å². The zero-order valence-corrected chi connectivity index (χ0v) is 12.1. The fourth-order valence-electron chi connectivity index (χ4n) is 2.40. The van der Waals surface area contributed by atoms with Crippen molar-refractivity contribution >= 4 is 33.7 Å². The molecule has 0 aliphatic rings. The summed E-state index contributed by atoms with van der Waals surface area (Å²) in [7, 11) is 0. The van der Waals surface area contributed by atoms with Gasteiger partial charge in [-0.15, -0.1) is 0 Å². The number of nitrogens with one attached hydrogen (secondary N) is 1. The van der Waals surface area contributed by atoms with E-state index in [1.54, 1.807) is 24.5 Å². The lowest BCUT2D eigenvalue weighted by Crippen LogP contribution is -2.13. The van der Waals surface area contributed by atoms with Crippen LogP contribution in [0.4, 0.5) is 5.82 Å². The van der Waals surface area contributed by atoms with Gasteiger partial charge in [-0.3, -0.25) is 14.8 Å². The molecule has 3 aromatic heterocycles. The summed E-state index contributed by atoms with van der Waals surface area (Å²) in [5.41, 5.74) is 2.73. The lowest BCUT2D eigenvalue weighted by atomic mass is 10.2. The number of fused-ring (bicyclic) bond motifs is 2. The first kappa shape index (κ1) is 13.3. The molecule has 4 aromatic rings. The van der Waals surface area contributed by atoms with Crippen LogP contribution in [0, 0.1) is 0 Å². The highest BCUT2D eigenvalue weighted by Gasteiger charge is 2.09.